The minimum absolute atomic E-state index is 0.115. The standard InChI is InChI=1S/C28H29N3O2/c1-21-26(19-30-14-16-31(17-15-30)23-10-6-3-7-11-23)28(32)25-18-24(12-13-27(25)29-21)33-20-22-8-4-2-5-9-22/h2-13,18H,14-17,19-20H2,1H3,(H,29,32)/p+1. The molecular formula is C28H30N3O2+. The van der Waals surface area contributed by atoms with Crippen LogP contribution in [0.15, 0.2) is 83.7 Å². The smallest absolute Gasteiger partial charge is 0.198 e. The number of para-hydroxylation sites is 1. The van der Waals surface area contributed by atoms with Gasteiger partial charge in [0.05, 0.1) is 31.7 Å². The van der Waals surface area contributed by atoms with Crippen LogP contribution in [0.2, 0.25) is 0 Å². The fourth-order valence-electron chi connectivity index (χ4n) is 4.62. The van der Waals surface area contributed by atoms with Gasteiger partial charge in [-0.3, -0.25) is 4.79 Å². The van der Waals surface area contributed by atoms with E-state index < -0.39 is 0 Å². The predicted molar refractivity (Wildman–Crippen MR) is 133 cm³/mol. The molecule has 1 aromatic heterocycles. The second-order valence-corrected chi connectivity index (χ2v) is 8.79. The van der Waals surface area contributed by atoms with Crippen molar-refractivity contribution in [2.45, 2.75) is 20.1 Å². The summed E-state index contributed by atoms with van der Waals surface area (Å²) in [5.74, 6) is 0.718. The van der Waals surface area contributed by atoms with E-state index in [1.807, 2.05) is 55.5 Å². The van der Waals surface area contributed by atoms with E-state index in [9.17, 15) is 4.79 Å². The first kappa shape index (κ1) is 21.3. The van der Waals surface area contributed by atoms with Crippen LogP contribution in [0, 0.1) is 6.92 Å². The normalized spacial score (nSPS) is 14.5. The van der Waals surface area contributed by atoms with E-state index in [2.05, 4.69) is 40.2 Å². The zero-order valence-electron chi connectivity index (χ0n) is 19.0. The maximum atomic E-state index is 13.4. The Bertz CT molecular complexity index is 1280. The Kier molecular flexibility index (Phi) is 6.13. The Morgan fingerprint density at radius 2 is 1.64 bits per heavy atom. The summed E-state index contributed by atoms with van der Waals surface area (Å²) in [6.45, 7) is 7.28. The molecule has 5 heteroatoms. The summed E-state index contributed by atoms with van der Waals surface area (Å²) in [4.78, 5) is 20.8. The molecule has 0 saturated carbocycles. The lowest BCUT2D eigenvalue weighted by Crippen LogP contribution is -3.13. The Morgan fingerprint density at radius 3 is 2.36 bits per heavy atom. The number of aromatic nitrogens is 1. The Hall–Kier alpha value is -3.57. The third-order valence-corrected chi connectivity index (χ3v) is 6.55. The van der Waals surface area contributed by atoms with Crippen molar-refractivity contribution < 1.29 is 9.64 Å². The lowest BCUT2D eigenvalue weighted by molar-refractivity contribution is -0.914. The fourth-order valence-corrected chi connectivity index (χ4v) is 4.62. The first-order valence-corrected chi connectivity index (χ1v) is 11.6. The van der Waals surface area contributed by atoms with Crippen molar-refractivity contribution in [3.8, 4) is 5.75 Å². The van der Waals surface area contributed by atoms with Crippen molar-refractivity contribution in [3.05, 3.63) is 106 Å². The van der Waals surface area contributed by atoms with Crippen LogP contribution in [0.1, 0.15) is 16.8 Å². The molecular weight excluding hydrogens is 410 g/mol. The Labute approximate surface area is 194 Å². The molecule has 0 atom stereocenters. The largest absolute Gasteiger partial charge is 0.489 e. The highest BCUT2D eigenvalue weighted by molar-refractivity contribution is 5.81. The topological polar surface area (TPSA) is 49.8 Å². The summed E-state index contributed by atoms with van der Waals surface area (Å²) in [6.07, 6.45) is 0. The zero-order chi connectivity index (χ0) is 22.6. The molecule has 3 aromatic carbocycles. The number of nitrogens with zero attached hydrogens (tertiary/aromatic N) is 1. The molecule has 5 nitrogen and oxygen atoms in total. The number of aryl methyl sites for hydroxylation is 1. The lowest BCUT2D eigenvalue weighted by Gasteiger charge is -2.33. The first-order valence-electron chi connectivity index (χ1n) is 11.6. The van der Waals surface area contributed by atoms with Gasteiger partial charge < -0.3 is 19.5 Å². The number of nitrogens with one attached hydrogen (secondary N) is 2. The number of hydrogen-bond donors (Lipinski definition) is 2. The minimum atomic E-state index is 0.115. The first-order chi connectivity index (χ1) is 16.2. The summed E-state index contributed by atoms with van der Waals surface area (Å²) >= 11 is 0. The molecule has 1 aliphatic heterocycles. The van der Waals surface area contributed by atoms with Gasteiger partial charge in [-0.2, -0.15) is 0 Å². The Balaban J connectivity index is 1.31. The highest BCUT2D eigenvalue weighted by Gasteiger charge is 2.22. The number of hydrogen-bond acceptors (Lipinski definition) is 3. The number of quaternary nitrogens is 1. The molecule has 0 unspecified atom stereocenters. The molecule has 0 amide bonds. The van der Waals surface area contributed by atoms with Gasteiger partial charge >= 0.3 is 0 Å². The van der Waals surface area contributed by atoms with Crippen molar-refractivity contribution >= 4 is 16.6 Å². The predicted octanol–water partition coefficient (Wildman–Crippen LogP) is 3.32. The molecule has 1 aliphatic rings. The fraction of sp³-hybridized carbons (Fsp3) is 0.250. The number of fused-ring (bicyclic) bond motifs is 1. The van der Waals surface area contributed by atoms with E-state index in [-0.39, 0.29) is 5.43 Å². The van der Waals surface area contributed by atoms with Gasteiger partial charge in [0.25, 0.3) is 0 Å². The van der Waals surface area contributed by atoms with Crippen molar-refractivity contribution in [2.24, 2.45) is 0 Å². The Morgan fingerprint density at radius 1 is 0.939 bits per heavy atom. The molecule has 0 spiro atoms. The van der Waals surface area contributed by atoms with Crippen LogP contribution in [0.3, 0.4) is 0 Å². The van der Waals surface area contributed by atoms with Crippen molar-refractivity contribution in [2.75, 3.05) is 31.1 Å². The van der Waals surface area contributed by atoms with Crippen molar-refractivity contribution in [1.82, 2.24) is 4.98 Å². The summed E-state index contributed by atoms with van der Waals surface area (Å²) in [6, 6.07) is 26.4. The van der Waals surface area contributed by atoms with Crippen LogP contribution in [0.5, 0.6) is 5.75 Å². The second kappa shape index (κ2) is 9.51. The van der Waals surface area contributed by atoms with Gasteiger partial charge in [-0.25, -0.2) is 0 Å². The average molecular weight is 441 g/mol. The molecule has 0 aliphatic carbocycles. The number of benzene rings is 3. The third kappa shape index (κ3) is 4.78. The number of aromatic amines is 1. The molecule has 33 heavy (non-hydrogen) atoms. The van der Waals surface area contributed by atoms with E-state index in [0.29, 0.717) is 12.0 Å². The summed E-state index contributed by atoms with van der Waals surface area (Å²) in [5, 5.41) is 0.698. The van der Waals surface area contributed by atoms with Crippen LogP contribution >= 0.6 is 0 Å². The van der Waals surface area contributed by atoms with Crippen LogP contribution < -0.4 is 20.0 Å². The van der Waals surface area contributed by atoms with Gasteiger partial charge in [0.2, 0.25) is 0 Å². The molecule has 2 N–H and O–H groups in total. The summed E-state index contributed by atoms with van der Waals surface area (Å²) in [5.41, 5.74) is 5.20. The summed E-state index contributed by atoms with van der Waals surface area (Å²) in [7, 11) is 0. The quantitative estimate of drug-likeness (QED) is 0.484. The van der Waals surface area contributed by atoms with E-state index in [1.165, 1.54) is 10.6 Å². The third-order valence-electron chi connectivity index (χ3n) is 6.55. The van der Waals surface area contributed by atoms with Crippen LogP contribution in [-0.4, -0.2) is 31.2 Å². The number of rotatable bonds is 6. The number of H-pyrrole nitrogens is 1. The maximum absolute atomic E-state index is 13.4. The molecule has 1 saturated heterocycles. The molecule has 5 rings (SSSR count). The van der Waals surface area contributed by atoms with Crippen LogP contribution in [0.25, 0.3) is 10.9 Å². The van der Waals surface area contributed by atoms with E-state index in [4.69, 9.17) is 4.74 Å². The van der Waals surface area contributed by atoms with E-state index in [0.717, 1.165) is 60.8 Å². The van der Waals surface area contributed by atoms with Crippen LogP contribution in [-0.2, 0) is 13.2 Å². The van der Waals surface area contributed by atoms with Crippen molar-refractivity contribution in [3.63, 3.8) is 0 Å². The van der Waals surface area contributed by atoms with E-state index >= 15 is 0 Å². The van der Waals surface area contributed by atoms with E-state index in [1.54, 1.807) is 0 Å². The van der Waals surface area contributed by atoms with Crippen molar-refractivity contribution in [1.29, 1.82) is 0 Å². The number of pyridine rings is 1. The molecule has 0 radical (unpaired) electrons. The zero-order valence-corrected chi connectivity index (χ0v) is 19.0. The number of anilines is 1. The SMILES string of the molecule is Cc1[nH]c2ccc(OCc3ccccc3)cc2c(=O)c1C[NH+]1CCN(c2ccccc2)CC1. The van der Waals surface area contributed by atoms with Gasteiger partial charge in [0.15, 0.2) is 5.43 Å². The molecule has 168 valence electrons. The van der Waals surface area contributed by atoms with Gasteiger partial charge in [0, 0.05) is 22.3 Å². The monoisotopic (exact) mass is 440 g/mol. The molecule has 2 heterocycles. The lowest BCUT2D eigenvalue weighted by atomic mass is 10.1. The minimum Gasteiger partial charge on any atom is -0.489 e. The second-order valence-electron chi connectivity index (χ2n) is 8.79. The molecule has 1 fully saturated rings. The highest BCUT2D eigenvalue weighted by atomic mass is 16.5. The molecule has 4 aromatic rings. The number of ether oxygens (including phenoxy) is 1. The van der Waals surface area contributed by atoms with Gasteiger partial charge in [-0.1, -0.05) is 48.5 Å². The van der Waals surface area contributed by atoms with Crippen LogP contribution in [0.4, 0.5) is 5.69 Å². The van der Waals surface area contributed by atoms with Gasteiger partial charge in [-0.05, 0) is 42.8 Å². The number of piperazine rings is 1. The van der Waals surface area contributed by atoms with Gasteiger partial charge in [0.1, 0.15) is 18.9 Å². The summed E-state index contributed by atoms with van der Waals surface area (Å²) < 4.78 is 5.97. The maximum Gasteiger partial charge on any atom is 0.198 e. The average Bonchev–Trinajstić information content (AvgIpc) is 2.87. The van der Waals surface area contributed by atoms with Gasteiger partial charge in [-0.15, -0.1) is 0 Å². The highest BCUT2D eigenvalue weighted by Crippen LogP contribution is 2.20. The molecule has 0 bridgehead atoms.